The molecule has 1 N–H and O–H groups in total. The van der Waals surface area contributed by atoms with Gasteiger partial charge in [-0.05, 0) is 55.8 Å². The molecule has 16 heavy (non-hydrogen) atoms. The third-order valence-electron chi connectivity index (χ3n) is 3.46. The van der Waals surface area contributed by atoms with E-state index in [1.54, 1.807) is 0 Å². The maximum atomic E-state index is 12.7. The van der Waals surface area contributed by atoms with Crippen LogP contribution in [0.4, 0.5) is 4.39 Å². The van der Waals surface area contributed by atoms with Crippen LogP contribution >= 0.6 is 0 Å². The molecule has 3 unspecified atom stereocenters. The van der Waals surface area contributed by atoms with Crippen molar-refractivity contribution < 1.29 is 4.39 Å². The highest BCUT2D eigenvalue weighted by molar-refractivity contribution is 5.17. The molecule has 0 bridgehead atoms. The van der Waals surface area contributed by atoms with E-state index >= 15 is 0 Å². The summed E-state index contributed by atoms with van der Waals surface area (Å²) >= 11 is 0. The van der Waals surface area contributed by atoms with Crippen LogP contribution in [-0.2, 0) is 6.42 Å². The summed E-state index contributed by atoms with van der Waals surface area (Å²) in [5, 5.41) is 3.54. The van der Waals surface area contributed by atoms with Gasteiger partial charge in [0.1, 0.15) is 5.82 Å². The van der Waals surface area contributed by atoms with E-state index in [0.29, 0.717) is 6.04 Å². The van der Waals surface area contributed by atoms with Gasteiger partial charge < -0.3 is 5.32 Å². The van der Waals surface area contributed by atoms with Crippen molar-refractivity contribution in [3.8, 4) is 0 Å². The van der Waals surface area contributed by atoms with Gasteiger partial charge in [-0.2, -0.15) is 0 Å². The third kappa shape index (κ3) is 3.31. The van der Waals surface area contributed by atoms with Gasteiger partial charge in [0, 0.05) is 6.04 Å². The van der Waals surface area contributed by atoms with Gasteiger partial charge in [-0.3, -0.25) is 0 Å². The average molecular weight is 221 g/mol. The second kappa shape index (κ2) is 4.96. The molecule has 2 heteroatoms. The maximum Gasteiger partial charge on any atom is 0.123 e. The van der Waals surface area contributed by atoms with Gasteiger partial charge in [-0.1, -0.05) is 19.1 Å². The Balaban J connectivity index is 1.73. The van der Waals surface area contributed by atoms with Crippen LogP contribution in [0, 0.1) is 17.7 Å². The fourth-order valence-electron chi connectivity index (χ4n) is 2.08. The van der Waals surface area contributed by atoms with E-state index in [1.165, 1.54) is 24.1 Å². The molecule has 0 aliphatic heterocycles. The highest BCUT2D eigenvalue weighted by Gasteiger charge is 2.31. The predicted octanol–water partition coefficient (Wildman–Crippen LogP) is 3.00. The van der Waals surface area contributed by atoms with Crippen molar-refractivity contribution in [1.29, 1.82) is 0 Å². The van der Waals surface area contributed by atoms with Crippen LogP contribution in [0.5, 0.6) is 0 Å². The molecule has 88 valence electrons. The topological polar surface area (TPSA) is 12.0 Å². The number of rotatable bonds is 5. The molecule has 0 amide bonds. The molecular formula is C14H20FN. The van der Waals surface area contributed by atoms with Gasteiger partial charge >= 0.3 is 0 Å². The SMILES string of the molecule is CC(Cc1ccc(F)cc1)NCC1CC1C. The lowest BCUT2D eigenvalue weighted by Gasteiger charge is -2.13. The first-order chi connectivity index (χ1) is 7.65. The maximum absolute atomic E-state index is 12.7. The Morgan fingerprint density at radius 2 is 2.00 bits per heavy atom. The molecule has 3 atom stereocenters. The van der Waals surface area contributed by atoms with Crippen LogP contribution in [0.2, 0.25) is 0 Å². The van der Waals surface area contributed by atoms with Crippen LogP contribution in [-0.4, -0.2) is 12.6 Å². The summed E-state index contributed by atoms with van der Waals surface area (Å²) in [6.07, 6.45) is 2.34. The van der Waals surface area contributed by atoms with Gasteiger partial charge in [0.25, 0.3) is 0 Å². The summed E-state index contributed by atoms with van der Waals surface area (Å²) in [5.41, 5.74) is 1.20. The summed E-state index contributed by atoms with van der Waals surface area (Å²) in [7, 11) is 0. The van der Waals surface area contributed by atoms with Crippen molar-refractivity contribution in [2.24, 2.45) is 11.8 Å². The van der Waals surface area contributed by atoms with Crippen LogP contribution in [0.3, 0.4) is 0 Å². The van der Waals surface area contributed by atoms with E-state index in [9.17, 15) is 4.39 Å². The zero-order chi connectivity index (χ0) is 11.5. The van der Waals surface area contributed by atoms with Crippen LogP contribution in [0.25, 0.3) is 0 Å². The first-order valence-corrected chi connectivity index (χ1v) is 6.13. The zero-order valence-corrected chi connectivity index (χ0v) is 10.0. The van der Waals surface area contributed by atoms with E-state index in [0.717, 1.165) is 24.8 Å². The van der Waals surface area contributed by atoms with Crippen molar-refractivity contribution in [3.05, 3.63) is 35.6 Å². The Labute approximate surface area is 97.1 Å². The standard InChI is InChI=1S/C14H20FN/c1-10-7-13(10)9-16-11(2)8-12-3-5-14(15)6-4-12/h3-6,10-11,13,16H,7-9H2,1-2H3. The Hall–Kier alpha value is -0.890. The fourth-order valence-corrected chi connectivity index (χ4v) is 2.08. The molecule has 2 rings (SSSR count). The lowest BCUT2D eigenvalue weighted by Crippen LogP contribution is -2.30. The summed E-state index contributed by atoms with van der Waals surface area (Å²) < 4.78 is 12.7. The molecule has 1 aromatic rings. The second-order valence-electron chi connectivity index (χ2n) is 5.11. The van der Waals surface area contributed by atoms with Crippen LogP contribution in [0.15, 0.2) is 24.3 Å². The lowest BCUT2D eigenvalue weighted by molar-refractivity contribution is 0.514. The van der Waals surface area contributed by atoms with Gasteiger partial charge in [0.05, 0.1) is 0 Å². The summed E-state index contributed by atoms with van der Waals surface area (Å²) in [5.74, 6) is 1.64. The van der Waals surface area contributed by atoms with Crippen molar-refractivity contribution in [3.63, 3.8) is 0 Å². The first kappa shape index (κ1) is 11.6. The summed E-state index contributed by atoms with van der Waals surface area (Å²) in [4.78, 5) is 0. The normalized spacial score (nSPS) is 25.4. The molecule has 0 heterocycles. The molecule has 1 aliphatic rings. The Kier molecular flexibility index (Phi) is 3.59. The predicted molar refractivity (Wildman–Crippen MR) is 64.8 cm³/mol. The minimum absolute atomic E-state index is 0.156. The molecular weight excluding hydrogens is 201 g/mol. The summed E-state index contributed by atoms with van der Waals surface area (Å²) in [6, 6.07) is 7.27. The van der Waals surface area contributed by atoms with E-state index in [-0.39, 0.29) is 5.82 Å². The largest absolute Gasteiger partial charge is 0.314 e. The van der Waals surface area contributed by atoms with E-state index in [2.05, 4.69) is 19.2 Å². The number of nitrogens with one attached hydrogen (secondary N) is 1. The molecule has 1 nitrogen and oxygen atoms in total. The molecule has 0 aromatic heterocycles. The number of hydrogen-bond acceptors (Lipinski definition) is 1. The van der Waals surface area contributed by atoms with E-state index < -0.39 is 0 Å². The van der Waals surface area contributed by atoms with Crippen LogP contribution in [0.1, 0.15) is 25.8 Å². The smallest absolute Gasteiger partial charge is 0.123 e. The summed E-state index contributed by atoms with van der Waals surface area (Å²) in [6.45, 7) is 5.62. The van der Waals surface area contributed by atoms with Crippen molar-refractivity contribution in [2.75, 3.05) is 6.54 Å². The quantitative estimate of drug-likeness (QED) is 0.806. The monoisotopic (exact) mass is 221 g/mol. The average Bonchev–Trinajstić information content (AvgIpc) is 2.95. The minimum Gasteiger partial charge on any atom is -0.314 e. The number of hydrogen-bond donors (Lipinski definition) is 1. The highest BCUT2D eigenvalue weighted by Crippen LogP contribution is 2.36. The van der Waals surface area contributed by atoms with E-state index in [1.807, 2.05) is 12.1 Å². The second-order valence-corrected chi connectivity index (χ2v) is 5.11. The van der Waals surface area contributed by atoms with Gasteiger partial charge in [0.15, 0.2) is 0 Å². The molecule has 1 fully saturated rings. The number of benzene rings is 1. The van der Waals surface area contributed by atoms with Crippen molar-refractivity contribution in [2.45, 2.75) is 32.7 Å². The first-order valence-electron chi connectivity index (χ1n) is 6.13. The number of halogens is 1. The van der Waals surface area contributed by atoms with Crippen LogP contribution < -0.4 is 5.32 Å². The molecule has 0 radical (unpaired) electrons. The Morgan fingerprint density at radius 3 is 2.56 bits per heavy atom. The molecule has 0 spiro atoms. The van der Waals surface area contributed by atoms with Crippen molar-refractivity contribution in [1.82, 2.24) is 5.32 Å². The Morgan fingerprint density at radius 1 is 1.38 bits per heavy atom. The molecule has 1 aromatic carbocycles. The zero-order valence-electron chi connectivity index (χ0n) is 10.0. The lowest BCUT2D eigenvalue weighted by atomic mass is 10.1. The third-order valence-corrected chi connectivity index (χ3v) is 3.46. The molecule has 1 aliphatic carbocycles. The van der Waals surface area contributed by atoms with Gasteiger partial charge in [0.2, 0.25) is 0 Å². The van der Waals surface area contributed by atoms with E-state index in [4.69, 9.17) is 0 Å². The fraction of sp³-hybridized carbons (Fsp3) is 0.571. The van der Waals surface area contributed by atoms with Crippen molar-refractivity contribution >= 4 is 0 Å². The highest BCUT2D eigenvalue weighted by atomic mass is 19.1. The Bertz CT molecular complexity index is 333. The molecule has 0 saturated heterocycles. The molecule has 1 saturated carbocycles. The minimum atomic E-state index is -0.156. The van der Waals surface area contributed by atoms with Gasteiger partial charge in [-0.15, -0.1) is 0 Å². The van der Waals surface area contributed by atoms with Gasteiger partial charge in [-0.25, -0.2) is 4.39 Å².